The molecular formula is C22H30N4O3S2. The van der Waals surface area contributed by atoms with Crippen LogP contribution in [0.4, 0.5) is 5.00 Å². The quantitative estimate of drug-likeness (QED) is 0.380. The number of ether oxygens (including phenoxy) is 1. The van der Waals surface area contributed by atoms with Crippen LogP contribution >= 0.6 is 23.1 Å². The van der Waals surface area contributed by atoms with E-state index in [0.717, 1.165) is 55.1 Å². The minimum Gasteiger partial charge on any atom is -0.465 e. The number of hydrogen-bond donors (Lipinski definition) is 1. The number of nitrogens with one attached hydrogen (secondary N) is 1. The summed E-state index contributed by atoms with van der Waals surface area (Å²) in [4.78, 5) is 26.4. The molecule has 7 nitrogen and oxygen atoms in total. The number of anilines is 1. The van der Waals surface area contributed by atoms with Crippen LogP contribution in [-0.4, -0.2) is 39.5 Å². The number of esters is 1. The van der Waals surface area contributed by atoms with Gasteiger partial charge >= 0.3 is 5.97 Å². The lowest BCUT2D eigenvalue weighted by Crippen LogP contribution is -2.17. The van der Waals surface area contributed by atoms with Crippen LogP contribution in [0.3, 0.4) is 0 Å². The summed E-state index contributed by atoms with van der Waals surface area (Å²) in [5.74, 6) is 1.21. The number of carbonyl (C=O) groups excluding carboxylic acids is 2. The molecule has 2 aromatic heterocycles. The van der Waals surface area contributed by atoms with Crippen molar-refractivity contribution in [1.29, 1.82) is 0 Å². The normalized spacial score (nSPS) is 17.1. The van der Waals surface area contributed by atoms with Crippen LogP contribution in [0.1, 0.15) is 83.9 Å². The Bertz CT molecular complexity index is 947. The van der Waals surface area contributed by atoms with E-state index >= 15 is 0 Å². The highest BCUT2D eigenvalue weighted by atomic mass is 32.2. The number of aryl methyl sites for hydroxylation is 1. The molecule has 1 amide bonds. The van der Waals surface area contributed by atoms with Crippen molar-refractivity contribution in [3.63, 3.8) is 0 Å². The summed E-state index contributed by atoms with van der Waals surface area (Å²) in [5, 5.41) is 13.1. The Balaban J connectivity index is 1.43. The lowest BCUT2D eigenvalue weighted by Gasteiger charge is -2.20. The van der Waals surface area contributed by atoms with Gasteiger partial charge in [-0.15, -0.1) is 21.5 Å². The highest BCUT2D eigenvalue weighted by molar-refractivity contribution is 7.99. The van der Waals surface area contributed by atoms with Crippen LogP contribution in [0, 0.1) is 0 Å². The van der Waals surface area contributed by atoms with Gasteiger partial charge in [0.05, 0.1) is 18.4 Å². The van der Waals surface area contributed by atoms with Crippen LogP contribution < -0.4 is 5.32 Å². The summed E-state index contributed by atoms with van der Waals surface area (Å²) in [6.45, 7) is 0. The monoisotopic (exact) mass is 462 g/mol. The van der Waals surface area contributed by atoms with Crippen molar-refractivity contribution in [2.75, 3.05) is 18.2 Å². The van der Waals surface area contributed by atoms with Crippen LogP contribution in [-0.2, 0) is 29.4 Å². The second kappa shape index (κ2) is 10.2. The van der Waals surface area contributed by atoms with E-state index in [9.17, 15) is 9.59 Å². The summed E-state index contributed by atoms with van der Waals surface area (Å²) in [7, 11) is 3.37. The average Bonchev–Trinajstić information content (AvgIpc) is 3.23. The van der Waals surface area contributed by atoms with Crippen molar-refractivity contribution in [1.82, 2.24) is 14.8 Å². The molecule has 0 radical (unpaired) electrons. The highest BCUT2D eigenvalue weighted by Crippen LogP contribution is 2.38. The molecule has 168 valence electrons. The number of thioether (sulfide) groups is 1. The Kier molecular flexibility index (Phi) is 7.32. The summed E-state index contributed by atoms with van der Waals surface area (Å²) in [5.41, 5.74) is 1.60. The maximum absolute atomic E-state index is 12.7. The predicted octanol–water partition coefficient (Wildman–Crippen LogP) is 4.71. The van der Waals surface area contributed by atoms with E-state index in [4.69, 9.17) is 4.74 Å². The predicted molar refractivity (Wildman–Crippen MR) is 123 cm³/mol. The summed E-state index contributed by atoms with van der Waals surface area (Å²) >= 11 is 2.90. The molecule has 0 spiro atoms. The molecule has 0 aromatic carbocycles. The van der Waals surface area contributed by atoms with Gasteiger partial charge < -0.3 is 14.6 Å². The molecule has 1 N–H and O–H groups in total. The summed E-state index contributed by atoms with van der Waals surface area (Å²) < 4.78 is 7.05. The molecule has 0 aliphatic heterocycles. The first-order valence-electron chi connectivity index (χ1n) is 11.1. The zero-order chi connectivity index (χ0) is 21.8. The molecule has 0 bridgehead atoms. The Morgan fingerprint density at radius 3 is 2.65 bits per heavy atom. The Hall–Kier alpha value is -1.87. The Morgan fingerprint density at radius 2 is 1.87 bits per heavy atom. The first kappa shape index (κ1) is 22.3. The molecule has 1 fully saturated rings. The zero-order valence-electron chi connectivity index (χ0n) is 18.2. The fourth-order valence-electron chi connectivity index (χ4n) is 4.61. The zero-order valence-corrected chi connectivity index (χ0v) is 19.9. The molecule has 9 heteroatoms. The first-order valence-corrected chi connectivity index (χ1v) is 12.9. The largest absolute Gasteiger partial charge is 0.465 e. The van der Waals surface area contributed by atoms with E-state index < -0.39 is 0 Å². The minimum absolute atomic E-state index is 0.145. The number of amides is 1. The van der Waals surface area contributed by atoms with E-state index in [1.54, 1.807) is 0 Å². The fourth-order valence-corrected chi connectivity index (χ4v) is 6.62. The molecule has 2 aliphatic rings. The number of hydrogen-bond acceptors (Lipinski definition) is 7. The molecule has 2 aliphatic carbocycles. The second-order valence-corrected chi connectivity index (χ2v) is 10.4. The maximum atomic E-state index is 12.7. The van der Waals surface area contributed by atoms with Crippen molar-refractivity contribution < 1.29 is 14.3 Å². The molecule has 31 heavy (non-hydrogen) atoms. The first-order chi connectivity index (χ1) is 15.1. The van der Waals surface area contributed by atoms with Gasteiger partial charge in [-0.25, -0.2) is 4.79 Å². The van der Waals surface area contributed by atoms with Crippen LogP contribution in [0.5, 0.6) is 0 Å². The number of aromatic nitrogens is 3. The number of thiophene rings is 1. The fraction of sp³-hybridized carbons (Fsp3) is 0.636. The average molecular weight is 463 g/mol. The molecule has 1 saturated carbocycles. The van der Waals surface area contributed by atoms with Crippen molar-refractivity contribution in [2.45, 2.75) is 75.3 Å². The number of rotatable bonds is 6. The Labute approximate surface area is 191 Å². The third kappa shape index (κ3) is 4.98. The van der Waals surface area contributed by atoms with Gasteiger partial charge in [0.15, 0.2) is 5.16 Å². The molecule has 4 rings (SSSR count). The summed E-state index contributed by atoms with van der Waals surface area (Å²) in [6, 6.07) is 0. The third-order valence-electron chi connectivity index (χ3n) is 6.24. The van der Waals surface area contributed by atoms with Gasteiger partial charge in [-0.05, 0) is 44.1 Å². The SMILES string of the molecule is COC(=O)c1c(NC(=O)CSc2nnc(C3CCCCC3)n2C)sc2c1CCCCC2. The van der Waals surface area contributed by atoms with Gasteiger partial charge in [0.25, 0.3) is 0 Å². The van der Waals surface area contributed by atoms with E-state index in [-0.39, 0.29) is 17.6 Å². The number of fused-ring (bicyclic) bond motifs is 1. The molecule has 2 heterocycles. The van der Waals surface area contributed by atoms with E-state index in [2.05, 4.69) is 15.5 Å². The van der Waals surface area contributed by atoms with Crippen molar-refractivity contribution in [2.24, 2.45) is 7.05 Å². The summed E-state index contributed by atoms with van der Waals surface area (Å²) in [6.07, 6.45) is 11.3. The van der Waals surface area contributed by atoms with Gasteiger partial charge in [-0.1, -0.05) is 37.4 Å². The van der Waals surface area contributed by atoms with Gasteiger partial charge in [0.2, 0.25) is 5.91 Å². The van der Waals surface area contributed by atoms with Crippen molar-refractivity contribution in [3.05, 3.63) is 21.8 Å². The van der Waals surface area contributed by atoms with Gasteiger partial charge in [0, 0.05) is 17.8 Å². The molecule has 2 aromatic rings. The second-order valence-electron chi connectivity index (χ2n) is 8.33. The standard InChI is InChI=1S/C22H30N4O3S2/c1-26-19(14-9-5-3-6-10-14)24-25-22(26)30-13-17(27)23-20-18(21(28)29-2)15-11-7-4-8-12-16(15)31-20/h14H,3-13H2,1-2H3,(H,23,27). The van der Waals surface area contributed by atoms with Crippen molar-refractivity contribution in [3.8, 4) is 0 Å². The van der Waals surface area contributed by atoms with Crippen molar-refractivity contribution >= 4 is 40.0 Å². The Morgan fingerprint density at radius 1 is 1.13 bits per heavy atom. The topological polar surface area (TPSA) is 86.1 Å². The maximum Gasteiger partial charge on any atom is 0.341 e. The van der Waals surface area contributed by atoms with E-state index in [1.165, 1.54) is 60.8 Å². The van der Waals surface area contributed by atoms with Gasteiger partial charge in [-0.3, -0.25) is 4.79 Å². The number of carbonyl (C=O) groups is 2. The lowest BCUT2D eigenvalue weighted by molar-refractivity contribution is -0.113. The molecule has 0 unspecified atom stereocenters. The number of methoxy groups -OCH3 is 1. The van der Waals surface area contributed by atoms with Crippen LogP contribution in [0.15, 0.2) is 5.16 Å². The lowest BCUT2D eigenvalue weighted by atomic mass is 9.89. The molecule has 0 saturated heterocycles. The van der Waals surface area contributed by atoms with E-state index in [0.29, 0.717) is 16.5 Å². The van der Waals surface area contributed by atoms with Gasteiger partial charge in [0.1, 0.15) is 10.8 Å². The van der Waals surface area contributed by atoms with Gasteiger partial charge in [-0.2, -0.15) is 0 Å². The smallest absolute Gasteiger partial charge is 0.341 e. The molecule has 0 atom stereocenters. The highest BCUT2D eigenvalue weighted by Gasteiger charge is 2.27. The van der Waals surface area contributed by atoms with Crippen LogP contribution in [0.2, 0.25) is 0 Å². The number of nitrogens with zero attached hydrogens (tertiary/aromatic N) is 3. The van der Waals surface area contributed by atoms with Crippen LogP contribution in [0.25, 0.3) is 0 Å². The van der Waals surface area contributed by atoms with E-state index in [1.807, 2.05) is 11.6 Å². The minimum atomic E-state index is -0.368. The third-order valence-corrected chi connectivity index (χ3v) is 8.46. The molecular weight excluding hydrogens is 432 g/mol.